The van der Waals surface area contributed by atoms with Crippen molar-refractivity contribution in [3.05, 3.63) is 36.6 Å². The molecule has 0 spiro atoms. The molecule has 0 rings (SSSR count). The van der Waals surface area contributed by atoms with Crippen LogP contribution in [-0.4, -0.2) is 18.8 Å². The molecular weight excluding hydrogens is 128 g/mol. The van der Waals surface area contributed by atoms with Crippen LogP contribution in [0.4, 0.5) is 0 Å². The first-order valence-corrected chi connectivity index (χ1v) is 2.99. The topological polar surface area (TPSA) is 29.5 Å². The second kappa shape index (κ2) is 6.11. The fourth-order valence-electron chi connectivity index (χ4n) is 0.472. The molecule has 56 valence electrons. The zero-order valence-corrected chi connectivity index (χ0v) is 6.08. The number of ether oxygens (including phenoxy) is 1. The molecule has 0 saturated carbocycles. The van der Waals surface area contributed by atoms with Crippen molar-refractivity contribution >= 4 is 0 Å². The Labute approximate surface area is 61.1 Å². The molecule has 0 aromatic carbocycles. The lowest BCUT2D eigenvalue weighted by Crippen LogP contribution is -1.83. The molecule has 0 aromatic heterocycles. The maximum Gasteiger partial charge on any atom is 0.117 e. The Balaban J connectivity index is 3.94. The number of methoxy groups -OCH3 is 1. The van der Waals surface area contributed by atoms with E-state index in [-0.39, 0.29) is 6.61 Å². The molecular formula is C8H12O2. The van der Waals surface area contributed by atoms with E-state index >= 15 is 0 Å². The summed E-state index contributed by atoms with van der Waals surface area (Å²) in [5.74, 6) is 0.641. The fourth-order valence-corrected chi connectivity index (χ4v) is 0.472. The lowest BCUT2D eigenvalue weighted by molar-refractivity contribution is 0.290. The molecule has 10 heavy (non-hydrogen) atoms. The molecule has 1 N–H and O–H groups in total. The van der Waals surface area contributed by atoms with Crippen molar-refractivity contribution in [3.8, 4) is 0 Å². The first-order valence-electron chi connectivity index (χ1n) is 2.99. The second-order valence-electron chi connectivity index (χ2n) is 1.59. The summed E-state index contributed by atoms with van der Waals surface area (Å²) in [6.45, 7) is 3.49. The zero-order chi connectivity index (χ0) is 7.82. The van der Waals surface area contributed by atoms with Crippen LogP contribution in [0.5, 0.6) is 0 Å². The van der Waals surface area contributed by atoms with E-state index in [1.54, 1.807) is 31.4 Å². The number of hydrogen-bond donors (Lipinski definition) is 1. The molecule has 0 bridgehead atoms. The summed E-state index contributed by atoms with van der Waals surface area (Å²) in [7, 11) is 1.55. The van der Waals surface area contributed by atoms with Gasteiger partial charge in [0.25, 0.3) is 0 Å². The normalized spacial score (nSPS) is 12.0. The van der Waals surface area contributed by atoms with Gasteiger partial charge in [0.15, 0.2) is 0 Å². The van der Waals surface area contributed by atoms with Crippen molar-refractivity contribution in [2.45, 2.75) is 0 Å². The molecule has 0 amide bonds. The Kier molecular flexibility index (Phi) is 5.48. The van der Waals surface area contributed by atoms with Gasteiger partial charge in [0.05, 0.1) is 13.7 Å². The minimum atomic E-state index is -0.00927. The van der Waals surface area contributed by atoms with Crippen LogP contribution in [0.1, 0.15) is 0 Å². The minimum Gasteiger partial charge on any atom is -0.497 e. The van der Waals surface area contributed by atoms with Crippen molar-refractivity contribution in [2.75, 3.05) is 13.7 Å². The Morgan fingerprint density at radius 1 is 1.70 bits per heavy atom. The minimum absolute atomic E-state index is 0.00927. The molecule has 0 radical (unpaired) electrons. The van der Waals surface area contributed by atoms with Crippen molar-refractivity contribution in [1.82, 2.24) is 0 Å². The molecule has 2 heteroatoms. The third-order valence-electron chi connectivity index (χ3n) is 0.925. The van der Waals surface area contributed by atoms with Crippen molar-refractivity contribution < 1.29 is 9.84 Å². The summed E-state index contributed by atoms with van der Waals surface area (Å²) in [5.41, 5.74) is 0. The van der Waals surface area contributed by atoms with Gasteiger partial charge < -0.3 is 9.84 Å². The number of hydrogen-bond acceptors (Lipinski definition) is 2. The molecule has 0 saturated heterocycles. The molecule has 0 aliphatic rings. The number of allylic oxidation sites excluding steroid dienone is 3. The quantitative estimate of drug-likeness (QED) is 0.470. The lowest BCUT2D eigenvalue weighted by atomic mass is 10.4. The van der Waals surface area contributed by atoms with Crippen molar-refractivity contribution in [3.63, 3.8) is 0 Å². The van der Waals surface area contributed by atoms with Gasteiger partial charge in [-0.15, -0.1) is 0 Å². The van der Waals surface area contributed by atoms with Crippen LogP contribution in [0, 0.1) is 0 Å². The summed E-state index contributed by atoms with van der Waals surface area (Å²) < 4.78 is 4.86. The SMILES string of the molecule is C=C/C=C\C(=C\CO)OC. The predicted molar refractivity (Wildman–Crippen MR) is 41.5 cm³/mol. The van der Waals surface area contributed by atoms with Gasteiger partial charge in [-0.2, -0.15) is 0 Å². The molecule has 0 aliphatic heterocycles. The highest BCUT2D eigenvalue weighted by Crippen LogP contribution is 1.95. The van der Waals surface area contributed by atoms with E-state index in [9.17, 15) is 0 Å². The third-order valence-corrected chi connectivity index (χ3v) is 0.925. The Bertz CT molecular complexity index is 143. The van der Waals surface area contributed by atoms with E-state index in [1.165, 1.54) is 0 Å². The van der Waals surface area contributed by atoms with Crippen molar-refractivity contribution in [1.29, 1.82) is 0 Å². The Morgan fingerprint density at radius 3 is 2.80 bits per heavy atom. The average Bonchev–Trinajstić information content (AvgIpc) is 1.98. The van der Waals surface area contributed by atoms with Gasteiger partial charge in [0.1, 0.15) is 5.76 Å². The fraction of sp³-hybridized carbons (Fsp3) is 0.250. The molecule has 0 atom stereocenters. The number of rotatable bonds is 4. The van der Waals surface area contributed by atoms with Crippen LogP contribution >= 0.6 is 0 Å². The van der Waals surface area contributed by atoms with E-state index in [2.05, 4.69) is 6.58 Å². The molecule has 2 nitrogen and oxygen atoms in total. The second-order valence-corrected chi connectivity index (χ2v) is 1.59. The van der Waals surface area contributed by atoms with E-state index < -0.39 is 0 Å². The maximum absolute atomic E-state index is 8.45. The van der Waals surface area contributed by atoms with E-state index in [0.29, 0.717) is 5.76 Å². The van der Waals surface area contributed by atoms with Gasteiger partial charge in [0.2, 0.25) is 0 Å². The maximum atomic E-state index is 8.45. The first-order chi connectivity index (χ1) is 4.85. The van der Waals surface area contributed by atoms with Crippen LogP contribution in [0.25, 0.3) is 0 Å². The average molecular weight is 140 g/mol. The highest BCUT2D eigenvalue weighted by Gasteiger charge is 1.84. The van der Waals surface area contributed by atoms with Gasteiger partial charge in [-0.1, -0.05) is 18.7 Å². The molecule has 0 unspecified atom stereocenters. The van der Waals surface area contributed by atoms with E-state index in [1.807, 2.05) is 0 Å². The van der Waals surface area contributed by atoms with Crippen molar-refractivity contribution in [2.24, 2.45) is 0 Å². The van der Waals surface area contributed by atoms with Crippen LogP contribution in [0.15, 0.2) is 36.6 Å². The summed E-state index contributed by atoms with van der Waals surface area (Å²) in [6.07, 6.45) is 6.68. The zero-order valence-electron chi connectivity index (χ0n) is 6.08. The summed E-state index contributed by atoms with van der Waals surface area (Å²) >= 11 is 0. The van der Waals surface area contributed by atoms with E-state index in [4.69, 9.17) is 9.84 Å². The highest BCUT2D eigenvalue weighted by molar-refractivity contribution is 5.15. The van der Waals surface area contributed by atoms with Gasteiger partial charge in [0, 0.05) is 0 Å². The molecule has 0 fully saturated rings. The largest absolute Gasteiger partial charge is 0.497 e. The summed E-state index contributed by atoms with van der Waals surface area (Å²) in [5, 5.41) is 8.45. The van der Waals surface area contributed by atoms with Crippen LogP contribution in [-0.2, 0) is 4.74 Å². The summed E-state index contributed by atoms with van der Waals surface area (Å²) in [6, 6.07) is 0. The Morgan fingerprint density at radius 2 is 2.40 bits per heavy atom. The van der Waals surface area contributed by atoms with Gasteiger partial charge in [-0.05, 0) is 12.2 Å². The highest BCUT2D eigenvalue weighted by atomic mass is 16.5. The smallest absolute Gasteiger partial charge is 0.117 e. The lowest BCUT2D eigenvalue weighted by Gasteiger charge is -1.96. The van der Waals surface area contributed by atoms with E-state index in [0.717, 1.165) is 0 Å². The molecule has 0 aromatic rings. The Hall–Kier alpha value is -1.02. The predicted octanol–water partition coefficient (Wildman–Crippen LogP) is 1.25. The van der Waals surface area contributed by atoms with Gasteiger partial charge in [-0.25, -0.2) is 0 Å². The third kappa shape index (κ3) is 3.92. The van der Waals surface area contributed by atoms with Gasteiger partial charge >= 0.3 is 0 Å². The monoisotopic (exact) mass is 140 g/mol. The van der Waals surface area contributed by atoms with Crippen LogP contribution in [0.2, 0.25) is 0 Å². The molecule has 0 aliphatic carbocycles. The molecule has 0 heterocycles. The van der Waals surface area contributed by atoms with Gasteiger partial charge in [-0.3, -0.25) is 0 Å². The summed E-state index contributed by atoms with van der Waals surface area (Å²) in [4.78, 5) is 0. The first kappa shape index (κ1) is 8.98. The van der Waals surface area contributed by atoms with Crippen LogP contribution < -0.4 is 0 Å². The number of aliphatic hydroxyl groups is 1. The van der Waals surface area contributed by atoms with Crippen LogP contribution in [0.3, 0.4) is 0 Å². The number of aliphatic hydroxyl groups excluding tert-OH is 1. The standard InChI is InChI=1S/C8H12O2/c1-3-4-5-8(10-2)6-7-9/h3-6,9H,1,7H2,2H3/b5-4-,8-6-.